The van der Waals surface area contributed by atoms with Gasteiger partial charge < -0.3 is 9.64 Å². The normalized spacial score (nSPS) is 21.8. The smallest absolute Gasteiger partial charge is 0.156 e. The van der Waals surface area contributed by atoms with Crippen molar-refractivity contribution in [2.75, 3.05) is 33.8 Å². The summed E-state index contributed by atoms with van der Waals surface area (Å²) in [4.78, 5) is 4.46. The number of methoxy groups -OCH3 is 1. The van der Waals surface area contributed by atoms with Crippen LogP contribution in [0.4, 0.5) is 0 Å². The van der Waals surface area contributed by atoms with Crippen LogP contribution in [-0.4, -0.2) is 49.6 Å². The van der Waals surface area contributed by atoms with E-state index in [0.717, 1.165) is 25.2 Å². The Morgan fingerprint density at radius 3 is 2.43 bits per heavy atom. The molecule has 1 fully saturated rings. The first-order valence-corrected chi connectivity index (χ1v) is 7.60. The number of nitrogens with zero attached hydrogens (tertiary/aromatic N) is 3. The number of ether oxygens (including phenoxy) is 1. The molecule has 21 heavy (non-hydrogen) atoms. The fourth-order valence-electron chi connectivity index (χ4n) is 2.61. The summed E-state index contributed by atoms with van der Waals surface area (Å²) in [6.07, 6.45) is 0. The number of nitriles is 1. The first-order valence-electron chi connectivity index (χ1n) is 6.84. The van der Waals surface area contributed by atoms with E-state index in [-0.39, 0.29) is 6.04 Å². The zero-order valence-electron chi connectivity index (χ0n) is 12.4. The molecule has 1 heterocycles. The van der Waals surface area contributed by atoms with Gasteiger partial charge in [-0.2, -0.15) is 5.26 Å². The van der Waals surface area contributed by atoms with Gasteiger partial charge >= 0.3 is 0 Å². The standard InChI is InChI=1S/C15H19Cl2N3O/c1-10-9-20(5-4-19(10)2)14(8-18)11-6-12(16)15(21-3)13(17)7-11/h6-7,10,14H,4-5,9H2,1-3H3. The lowest BCUT2D eigenvalue weighted by atomic mass is 10.0. The van der Waals surface area contributed by atoms with Gasteiger partial charge in [-0.15, -0.1) is 0 Å². The molecule has 0 N–H and O–H groups in total. The highest BCUT2D eigenvalue weighted by Gasteiger charge is 2.28. The number of rotatable bonds is 3. The molecule has 0 radical (unpaired) electrons. The Morgan fingerprint density at radius 1 is 1.33 bits per heavy atom. The van der Waals surface area contributed by atoms with Crippen LogP contribution in [-0.2, 0) is 0 Å². The van der Waals surface area contributed by atoms with E-state index in [0.29, 0.717) is 21.8 Å². The van der Waals surface area contributed by atoms with Crippen LogP contribution in [0.3, 0.4) is 0 Å². The predicted molar refractivity (Wildman–Crippen MR) is 85.0 cm³/mol. The van der Waals surface area contributed by atoms with Gasteiger partial charge in [0.2, 0.25) is 0 Å². The molecule has 1 aromatic carbocycles. The van der Waals surface area contributed by atoms with E-state index in [1.165, 1.54) is 7.11 Å². The van der Waals surface area contributed by atoms with Crippen molar-refractivity contribution in [2.45, 2.75) is 19.0 Å². The van der Waals surface area contributed by atoms with Gasteiger partial charge in [-0.05, 0) is 31.7 Å². The molecule has 1 saturated heterocycles. The van der Waals surface area contributed by atoms with E-state index < -0.39 is 0 Å². The van der Waals surface area contributed by atoms with Crippen LogP contribution >= 0.6 is 23.2 Å². The topological polar surface area (TPSA) is 39.5 Å². The van der Waals surface area contributed by atoms with Gasteiger partial charge in [-0.1, -0.05) is 23.2 Å². The number of piperazine rings is 1. The average molecular weight is 328 g/mol. The highest BCUT2D eigenvalue weighted by atomic mass is 35.5. The molecule has 2 unspecified atom stereocenters. The molecule has 1 aromatic rings. The minimum Gasteiger partial charge on any atom is -0.494 e. The van der Waals surface area contributed by atoms with Gasteiger partial charge in [0.1, 0.15) is 6.04 Å². The molecule has 1 aliphatic heterocycles. The van der Waals surface area contributed by atoms with Crippen LogP contribution in [0.1, 0.15) is 18.5 Å². The third kappa shape index (κ3) is 3.44. The minimum absolute atomic E-state index is 0.345. The Labute approximate surface area is 135 Å². The van der Waals surface area contributed by atoms with Crippen LogP contribution < -0.4 is 4.74 Å². The van der Waals surface area contributed by atoms with Crippen LogP contribution in [0.5, 0.6) is 5.75 Å². The lowest BCUT2D eigenvalue weighted by Crippen LogP contribution is -2.50. The van der Waals surface area contributed by atoms with Crippen molar-refractivity contribution < 1.29 is 4.74 Å². The van der Waals surface area contributed by atoms with Crippen molar-refractivity contribution in [1.29, 1.82) is 5.26 Å². The highest BCUT2D eigenvalue weighted by molar-refractivity contribution is 6.37. The number of hydrogen-bond donors (Lipinski definition) is 0. The molecule has 0 aromatic heterocycles. The molecular weight excluding hydrogens is 309 g/mol. The quantitative estimate of drug-likeness (QED) is 0.854. The Balaban J connectivity index is 2.28. The summed E-state index contributed by atoms with van der Waals surface area (Å²) >= 11 is 12.4. The maximum atomic E-state index is 9.57. The van der Waals surface area contributed by atoms with Crippen LogP contribution in [0.15, 0.2) is 12.1 Å². The number of benzene rings is 1. The summed E-state index contributed by atoms with van der Waals surface area (Å²) in [5, 5.41) is 10.4. The van der Waals surface area contributed by atoms with Gasteiger partial charge in [0.05, 0.1) is 23.2 Å². The van der Waals surface area contributed by atoms with E-state index >= 15 is 0 Å². The molecule has 2 atom stereocenters. The first kappa shape index (κ1) is 16.4. The predicted octanol–water partition coefficient (Wildman–Crippen LogP) is 3.20. The number of halogens is 2. The molecule has 0 amide bonds. The molecule has 1 aliphatic rings. The molecule has 0 saturated carbocycles. The SMILES string of the molecule is COc1c(Cl)cc(C(C#N)N2CCN(C)C(C)C2)cc1Cl. The van der Waals surface area contributed by atoms with E-state index in [2.05, 4.69) is 29.8 Å². The Morgan fingerprint density at radius 2 is 1.95 bits per heavy atom. The number of likely N-dealkylation sites (N-methyl/N-ethyl adjacent to an activating group) is 1. The summed E-state index contributed by atoms with van der Waals surface area (Å²) in [7, 11) is 3.63. The zero-order chi connectivity index (χ0) is 15.6. The van der Waals surface area contributed by atoms with Crippen LogP contribution in [0, 0.1) is 11.3 Å². The van der Waals surface area contributed by atoms with Gasteiger partial charge in [-0.25, -0.2) is 0 Å². The molecule has 0 aliphatic carbocycles. The Kier molecular flexibility index (Phi) is 5.34. The van der Waals surface area contributed by atoms with Gasteiger partial charge in [0, 0.05) is 25.7 Å². The van der Waals surface area contributed by atoms with Crippen molar-refractivity contribution in [2.24, 2.45) is 0 Å². The summed E-state index contributed by atoms with van der Waals surface area (Å²) in [5.74, 6) is 0.450. The summed E-state index contributed by atoms with van der Waals surface area (Å²) in [6.45, 7) is 4.79. The second-order valence-electron chi connectivity index (χ2n) is 5.37. The fourth-order valence-corrected chi connectivity index (χ4v) is 3.27. The molecule has 4 nitrogen and oxygen atoms in total. The first-order chi connectivity index (χ1) is 9.97. The largest absolute Gasteiger partial charge is 0.494 e. The monoisotopic (exact) mass is 327 g/mol. The highest BCUT2D eigenvalue weighted by Crippen LogP contribution is 2.37. The molecule has 2 rings (SSSR count). The molecule has 6 heteroatoms. The lowest BCUT2D eigenvalue weighted by Gasteiger charge is -2.39. The fraction of sp³-hybridized carbons (Fsp3) is 0.533. The van der Waals surface area contributed by atoms with Crippen LogP contribution in [0.25, 0.3) is 0 Å². The Bertz CT molecular complexity index is 535. The lowest BCUT2D eigenvalue weighted by molar-refractivity contribution is 0.0881. The maximum Gasteiger partial charge on any atom is 0.156 e. The second kappa shape index (κ2) is 6.85. The maximum absolute atomic E-state index is 9.57. The van der Waals surface area contributed by atoms with Crippen LogP contribution in [0.2, 0.25) is 10.0 Å². The average Bonchev–Trinajstić information content (AvgIpc) is 2.43. The van der Waals surface area contributed by atoms with Gasteiger partial charge in [0.25, 0.3) is 0 Å². The van der Waals surface area contributed by atoms with E-state index in [4.69, 9.17) is 27.9 Å². The summed E-state index contributed by atoms with van der Waals surface area (Å²) < 4.78 is 5.15. The van der Waals surface area contributed by atoms with E-state index in [1.54, 1.807) is 12.1 Å². The zero-order valence-corrected chi connectivity index (χ0v) is 13.9. The third-order valence-corrected chi connectivity index (χ3v) is 4.58. The van der Waals surface area contributed by atoms with Crippen molar-refractivity contribution >= 4 is 23.2 Å². The van der Waals surface area contributed by atoms with Gasteiger partial charge in [-0.3, -0.25) is 4.90 Å². The molecule has 0 spiro atoms. The number of hydrogen-bond acceptors (Lipinski definition) is 4. The van der Waals surface area contributed by atoms with Crippen molar-refractivity contribution in [3.05, 3.63) is 27.7 Å². The summed E-state index contributed by atoms with van der Waals surface area (Å²) in [5.41, 5.74) is 0.810. The molecule has 114 valence electrons. The van der Waals surface area contributed by atoms with Crippen molar-refractivity contribution in [3.8, 4) is 11.8 Å². The Hall–Kier alpha value is -0.990. The minimum atomic E-state index is -0.345. The van der Waals surface area contributed by atoms with Crippen molar-refractivity contribution in [3.63, 3.8) is 0 Å². The van der Waals surface area contributed by atoms with Crippen molar-refractivity contribution in [1.82, 2.24) is 9.80 Å². The third-order valence-electron chi connectivity index (χ3n) is 4.02. The second-order valence-corrected chi connectivity index (χ2v) is 6.19. The molecular formula is C15H19Cl2N3O. The molecule has 0 bridgehead atoms. The van der Waals surface area contributed by atoms with E-state index in [9.17, 15) is 5.26 Å². The van der Waals surface area contributed by atoms with E-state index in [1.807, 2.05) is 0 Å². The van der Waals surface area contributed by atoms with Gasteiger partial charge in [0.15, 0.2) is 5.75 Å². The summed E-state index contributed by atoms with van der Waals surface area (Å²) in [6, 6.07) is 5.97.